The first kappa shape index (κ1) is 24.2. The number of methoxy groups -OCH3 is 1. The van der Waals surface area contributed by atoms with Crippen molar-refractivity contribution in [2.75, 3.05) is 32.2 Å². The number of aromatic nitrogens is 4. The number of nitrogens with zero attached hydrogens (tertiary/aromatic N) is 4. The van der Waals surface area contributed by atoms with Crippen molar-refractivity contribution in [1.29, 1.82) is 0 Å². The first-order valence-corrected chi connectivity index (χ1v) is 13.0. The third-order valence-corrected chi connectivity index (χ3v) is 7.42. The zero-order valence-corrected chi connectivity index (χ0v) is 20.8. The fourth-order valence-electron chi connectivity index (χ4n) is 5.49. The Kier molecular flexibility index (Phi) is 7.60. The lowest BCUT2D eigenvalue weighted by molar-refractivity contribution is 0.0663. The average molecular weight is 480 g/mol. The van der Waals surface area contributed by atoms with Crippen molar-refractivity contribution in [3.8, 4) is 11.1 Å². The van der Waals surface area contributed by atoms with Crippen LogP contribution in [0.15, 0.2) is 30.6 Å². The minimum atomic E-state index is -0.188. The minimum Gasteiger partial charge on any atom is -0.393 e. The van der Waals surface area contributed by atoms with Crippen molar-refractivity contribution in [2.45, 2.75) is 69.9 Å². The summed E-state index contributed by atoms with van der Waals surface area (Å²) in [6.07, 6.45) is 10.4. The first-order chi connectivity index (χ1) is 17.1. The molecule has 4 heterocycles. The predicted molar refractivity (Wildman–Crippen MR) is 136 cm³/mol. The number of rotatable bonds is 8. The number of nitrogens with one attached hydrogen (secondary N) is 1. The molecule has 1 aliphatic heterocycles. The number of hydrogen-bond acceptors (Lipinski definition) is 7. The lowest BCUT2D eigenvalue weighted by Crippen LogP contribution is -2.23. The number of fused-ring (bicyclic) bond motifs is 1. The molecule has 0 spiro atoms. The predicted octanol–water partition coefficient (Wildman–Crippen LogP) is 4.23. The van der Waals surface area contributed by atoms with Crippen LogP contribution in [0.3, 0.4) is 0 Å². The lowest BCUT2D eigenvalue weighted by Gasteiger charge is -2.25. The van der Waals surface area contributed by atoms with Crippen LogP contribution in [0, 0.1) is 5.92 Å². The van der Waals surface area contributed by atoms with Crippen molar-refractivity contribution >= 4 is 11.5 Å². The molecule has 0 radical (unpaired) electrons. The van der Waals surface area contributed by atoms with Crippen LogP contribution in [0.5, 0.6) is 0 Å². The van der Waals surface area contributed by atoms with Crippen LogP contribution in [0.1, 0.15) is 62.8 Å². The fourth-order valence-corrected chi connectivity index (χ4v) is 5.49. The Morgan fingerprint density at radius 1 is 1.14 bits per heavy atom. The SMILES string of the molecule is COC[C@H](C)Nc1ncc2c(-c3ccnc(CC4CCOCC4)c3)cc(C3CCC(O)CC3)n2n1. The average Bonchev–Trinajstić information content (AvgIpc) is 3.24. The molecule has 1 aliphatic carbocycles. The van der Waals surface area contributed by atoms with Crippen LogP contribution in [-0.4, -0.2) is 63.8 Å². The van der Waals surface area contributed by atoms with E-state index in [-0.39, 0.29) is 12.1 Å². The van der Waals surface area contributed by atoms with Gasteiger partial charge in [0.05, 0.1) is 24.4 Å². The molecular weight excluding hydrogens is 442 g/mol. The van der Waals surface area contributed by atoms with Gasteiger partial charge in [0.2, 0.25) is 5.95 Å². The van der Waals surface area contributed by atoms with Gasteiger partial charge >= 0.3 is 0 Å². The van der Waals surface area contributed by atoms with Crippen LogP contribution < -0.4 is 5.32 Å². The summed E-state index contributed by atoms with van der Waals surface area (Å²) in [5.74, 6) is 1.59. The summed E-state index contributed by atoms with van der Waals surface area (Å²) in [7, 11) is 1.70. The molecule has 8 heteroatoms. The van der Waals surface area contributed by atoms with E-state index in [2.05, 4.69) is 44.9 Å². The Morgan fingerprint density at radius 3 is 2.71 bits per heavy atom. The van der Waals surface area contributed by atoms with Crippen LogP contribution in [0.2, 0.25) is 0 Å². The van der Waals surface area contributed by atoms with E-state index in [0.29, 0.717) is 24.4 Å². The molecule has 1 saturated carbocycles. The quantitative estimate of drug-likeness (QED) is 0.499. The molecule has 5 rings (SSSR count). The van der Waals surface area contributed by atoms with E-state index in [1.807, 2.05) is 12.4 Å². The van der Waals surface area contributed by atoms with Gasteiger partial charge in [-0.2, -0.15) is 0 Å². The normalized spacial score (nSPS) is 22.4. The van der Waals surface area contributed by atoms with Crippen LogP contribution in [-0.2, 0) is 15.9 Å². The highest BCUT2D eigenvalue weighted by molar-refractivity contribution is 5.81. The maximum Gasteiger partial charge on any atom is 0.241 e. The van der Waals surface area contributed by atoms with Gasteiger partial charge in [0.25, 0.3) is 0 Å². The maximum atomic E-state index is 10.1. The highest BCUT2D eigenvalue weighted by Crippen LogP contribution is 2.38. The molecule has 0 bridgehead atoms. The van der Waals surface area contributed by atoms with Crippen molar-refractivity contribution in [3.05, 3.63) is 42.0 Å². The van der Waals surface area contributed by atoms with Gasteiger partial charge in [-0.05, 0) is 81.5 Å². The standard InChI is InChI=1S/C27H37N5O3/c1-18(17-34-2)30-27-29-16-26-24(15-25(32(26)31-27)20-3-5-23(33)6-4-20)21-7-10-28-22(14-21)13-19-8-11-35-12-9-19/h7,10,14-16,18-20,23,33H,3-6,8-9,11-13,17H2,1-2H3,(H,30,31)/t18-,20?,23?/m0/s1. The fraction of sp³-hybridized carbons (Fsp3) is 0.593. The molecule has 2 fully saturated rings. The van der Waals surface area contributed by atoms with Crippen molar-refractivity contribution in [3.63, 3.8) is 0 Å². The maximum absolute atomic E-state index is 10.1. The molecule has 0 amide bonds. The van der Waals surface area contributed by atoms with E-state index in [9.17, 15) is 5.11 Å². The van der Waals surface area contributed by atoms with Gasteiger partial charge in [0.15, 0.2) is 0 Å². The van der Waals surface area contributed by atoms with E-state index < -0.39 is 0 Å². The largest absolute Gasteiger partial charge is 0.393 e. The summed E-state index contributed by atoms with van der Waals surface area (Å²) in [5, 5.41) is 18.3. The second-order valence-electron chi connectivity index (χ2n) is 10.2. The van der Waals surface area contributed by atoms with Crippen LogP contribution in [0.4, 0.5) is 5.95 Å². The van der Waals surface area contributed by atoms with Gasteiger partial charge in [-0.15, -0.1) is 5.10 Å². The van der Waals surface area contributed by atoms with E-state index in [4.69, 9.17) is 14.6 Å². The van der Waals surface area contributed by atoms with Gasteiger partial charge in [0, 0.05) is 55.4 Å². The second kappa shape index (κ2) is 11.0. The second-order valence-corrected chi connectivity index (χ2v) is 10.2. The van der Waals surface area contributed by atoms with Gasteiger partial charge in [0.1, 0.15) is 0 Å². The highest BCUT2D eigenvalue weighted by Gasteiger charge is 2.26. The van der Waals surface area contributed by atoms with Crippen LogP contribution in [0.25, 0.3) is 16.6 Å². The molecule has 0 unspecified atom stereocenters. The molecule has 2 aliphatic rings. The Bertz CT molecular complexity index is 1120. The van der Waals surface area contributed by atoms with Gasteiger partial charge in [-0.25, -0.2) is 9.50 Å². The summed E-state index contributed by atoms with van der Waals surface area (Å²) in [6.45, 7) is 4.34. The summed E-state index contributed by atoms with van der Waals surface area (Å²) in [5.41, 5.74) is 5.61. The molecule has 3 aromatic heterocycles. The molecule has 0 aromatic carbocycles. The Balaban J connectivity index is 1.49. The summed E-state index contributed by atoms with van der Waals surface area (Å²) in [6, 6.07) is 6.70. The summed E-state index contributed by atoms with van der Waals surface area (Å²) < 4.78 is 12.8. The van der Waals surface area contributed by atoms with Gasteiger partial charge in [-0.3, -0.25) is 4.98 Å². The molecule has 1 saturated heterocycles. The summed E-state index contributed by atoms with van der Waals surface area (Å²) >= 11 is 0. The molecule has 1 atom stereocenters. The Hall–Kier alpha value is -2.55. The number of pyridine rings is 1. The molecule has 35 heavy (non-hydrogen) atoms. The number of hydrogen-bond donors (Lipinski definition) is 2. The number of anilines is 1. The Labute approximate surface area is 207 Å². The van der Waals surface area contributed by atoms with E-state index in [1.165, 1.54) is 5.69 Å². The van der Waals surface area contributed by atoms with Crippen molar-refractivity contribution < 1.29 is 14.6 Å². The van der Waals surface area contributed by atoms with E-state index in [0.717, 1.165) is 80.5 Å². The minimum absolute atomic E-state index is 0.105. The molecular formula is C27H37N5O3. The molecule has 2 N–H and O–H groups in total. The lowest BCUT2D eigenvalue weighted by atomic mass is 9.85. The smallest absolute Gasteiger partial charge is 0.241 e. The molecule has 3 aromatic rings. The van der Waals surface area contributed by atoms with Gasteiger partial charge in [-0.1, -0.05) is 0 Å². The van der Waals surface area contributed by atoms with Crippen molar-refractivity contribution in [1.82, 2.24) is 19.6 Å². The number of aliphatic hydroxyl groups is 1. The number of ether oxygens (including phenoxy) is 2. The molecule has 8 nitrogen and oxygen atoms in total. The van der Waals surface area contributed by atoms with Gasteiger partial charge < -0.3 is 19.9 Å². The zero-order chi connectivity index (χ0) is 24.2. The summed E-state index contributed by atoms with van der Waals surface area (Å²) in [4.78, 5) is 9.31. The molecule has 188 valence electrons. The topological polar surface area (TPSA) is 93.8 Å². The van der Waals surface area contributed by atoms with E-state index >= 15 is 0 Å². The first-order valence-electron chi connectivity index (χ1n) is 13.0. The monoisotopic (exact) mass is 479 g/mol. The third-order valence-electron chi connectivity index (χ3n) is 7.42. The highest BCUT2D eigenvalue weighted by atomic mass is 16.5. The third kappa shape index (κ3) is 5.66. The van der Waals surface area contributed by atoms with Crippen LogP contribution >= 0.6 is 0 Å². The van der Waals surface area contributed by atoms with Crippen molar-refractivity contribution in [2.24, 2.45) is 5.92 Å². The number of aliphatic hydroxyl groups excluding tert-OH is 1. The Morgan fingerprint density at radius 2 is 1.94 bits per heavy atom. The van der Waals surface area contributed by atoms with E-state index in [1.54, 1.807) is 7.11 Å². The zero-order valence-electron chi connectivity index (χ0n) is 20.8.